The normalized spacial score (nSPS) is 11.6. The van der Waals surface area contributed by atoms with E-state index in [2.05, 4.69) is 5.32 Å². The molecule has 0 fully saturated rings. The Morgan fingerprint density at radius 2 is 2.00 bits per heavy atom. The highest BCUT2D eigenvalue weighted by atomic mass is 32.2. The molecule has 5 nitrogen and oxygen atoms in total. The largest absolute Gasteiger partial charge is 0.492 e. The van der Waals surface area contributed by atoms with Crippen molar-refractivity contribution in [2.75, 3.05) is 24.8 Å². The maximum absolute atomic E-state index is 12.0. The number of thioether (sulfide) groups is 1. The highest BCUT2D eigenvalue weighted by Gasteiger charge is 2.19. The van der Waals surface area contributed by atoms with Crippen LogP contribution >= 0.6 is 11.8 Å². The molecular formula is C15H21NO4S. The number of para-hydroxylation sites is 2. The van der Waals surface area contributed by atoms with Gasteiger partial charge in [-0.25, -0.2) is 0 Å². The molecule has 0 aliphatic heterocycles. The van der Waals surface area contributed by atoms with Crippen LogP contribution in [-0.4, -0.2) is 36.6 Å². The first-order valence-electron chi connectivity index (χ1n) is 6.83. The second-order valence-electron chi connectivity index (χ2n) is 4.21. The average molecular weight is 311 g/mol. The zero-order valence-corrected chi connectivity index (χ0v) is 13.4. The van der Waals surface area contributed by atoms with E-state index in [4.69, 9.17) is 9.47 Å². The minimum Gasteiger partial charge on any atom is -0.492 e. The number of nitrogens with one attached hydrogen (secondary N) is 1. The number of ether oxygens (including phenoxy) is 2. The fourth-order valence-electron chi connectivity index (χ4n) is 1.70. The maximum atomic E-state index is 12.0. The molecule has 0 bridgehead atoms. The van der Waals surface area contributed by atoms with Crippen LogP contribution in [0.2, 0.25) is 0 Å². The van der Waals surface area contributed by atoms with E-state index < -0.39 is 0 Å². The van der Waals surface area contributed by atoms with Gasteiger partial charge in [-0.3, -0.25) is 9.59 Å². The Labute approximate surface area is 129 Å². The molecule has 1 rings (SSSR count). The topological polar surface area (TPSA) is 64.6 Å². The molecule has 0 radical (unpaired) electrons. The predicted molar refractivity (Wildman–Crippen MR) is 84.8 cm³/mol. The smallest absolute Gasteiger partial charge is 0.318 e. The summed E-state index contributed by atoms with van der Waals surface area (Å²) in [6, 6.07) is 7.26. The van der Waals surface area contributed by atoms with E-state index in [1.165, 1.54) is 18.9 Å². The van der Waals surface area contributed by atoms with Gasteiger partial charge in [-0.2, -0.15) is 0 Å². The van der Waals surface area contributed by atoms with E-state index in [1.807, 2.05) is 26.0 Å². The first-order valence-corrected chi connectivity index (χ1v) is 7.88. The van der Waals surface area contributed by atoms with Crippen molar-refractivity contribution in [1.82, 2.24) is 0 Å². The van der Waals surface area contributed by atoms with E-state index in [9.17, 15) is 9.59 Å². The maximum Gasteiger partial charge on any atom is 0.318 e. The molecule has 1 unspecified atom stereocenters. The Morgan fingerprint density at radius 3 is 2.62 bits per heavy atom. The Bertz CT molecular complexity index is 478. The molecular weight excluding hydrogens is 290 g/mol. The lowest BCUT2D eigenvalue weighted by atomic mass is 10.3. The molecule has 6 heteroatoms. The summed E-state index contributed by atoms with van der Waals surface area (Å²) in [6.45, 7) is 4.30. The number of benzene rings is 1. The first kappa shape index (κ1) is 17.4. The number of amides is 1. The van der Waals surface area contributed by atoms with Crippen LogP contribution in [0.25, 0.3) is 0 Å². The molecule has 1 aromatic rings. The number of esters is 1. The van der Waals surface area contributed by atoms with Crippen molar-refractivity contribution >= 4 is 29.3 Å². The van der Waals surface area contributed by atoms with Gasteiger partial charge in [0.15, 0.2) is 0 Å². The van der Waals surface area contributed by atoms with Crippen molar-refractivity contribution in [1.29, 1.82) is 0 Å². The first-order chi connectivity index (χ1) is 10.1. The predicted octanol–water partition coefficient (Wildman–Crippen LogP) is 2.71. The lowest BCUT2D eigenvalue weighted by Gasteiger charge is -2.13. The Hall–Kier alpha value is -1.69. The standard InChI is InChI=1S/C15H21NO4S/c1-4-13(15(18)19-3)21-10-14(17)16-11-8-6-7-9-12(11)20-5-2/h6-9,13H,4-5,10H2,1-3H3,(H,16,17). The number of methoxy groups -OCH3 is 1. The number of carbonyl (C=O) groups excluding carboxylic acids is 2. The van der Waals surface area contributed by atoms with Crippen LogP contribution in [0.1, 0.15) is 20.3 Å². The zero-order chi connectivity index (χ0) is 15.7. The van der Waals surface area contributed by atoms with Gasteiger partial charge in [-0.1, -0.05) is 19.1 Å². The highest BCUT2D eigenvalue weighted by Crippen LogP contribution is 2.24. The summed E-state index contributed by atoms with van der Waals surface area (Å²) in [5.74, 6) is 0.353. The van der Waals surface area contributed by atoms with Crippen LogP contribution in [-0.2, 0) is 14.3 Å². The molecule has 0 aliphatic carbocycles. The van der Waals surface area contributed by atoms with Crippen LogP contribution in [0.5, 0.6) is 5.75 Å². The second kappa shape index (κ2) is 9.28. The van der Waals surface area contributed by atoms with E-state index in [0.29, 0.717) is 24.5 Å². The van der Waals surface area contributed by atoms with Crippen molar-refractivity contribution in [2.45, 2.75) is 25.5 Å². The number of anilines is 1. The SMILES string of the molecule is CCOc1ccccc1NC(=O)CSC(CC)C(=O)OC. The Kier molecular flexibility index (Phi) is 7.68. The molecule has 1 amide bonds. The molecule has 0 spiro atoms. The Balaban J connectivity index is 2.56. The molecule has 0 aromatic heterocycles. The van der Waals surface area contributed by atoms with Crippen molar-refractivity contribution < 1.29 is 19.1 Å². The third-order valence-electron chi connectivity index (χ3n) is 2.71. The molecule has 0 saturated heterocycles. The lowest BCUT2D eigenvalue weighted by Crippen LogP contribution is -2.22. The highest BCUT2D eigenvalue weighted by molar-refractivity contribution is 8.01. The fraction of sp³-hybridized carbons (Fsp3) is 0.467. The molecule has 1 atom stereocenters. The summed E-state index contributed by atoms with van der Waals surface area (Å²) in [4.78, 5) is 23.4. The van der Waals surface area contributed by atoms with E-state index in [-0.39, 0.29) is 22.9 Å². The van der Waals surface area contributed by atoms with Gasteiger partial charge >= 0.3 is 5.97 Å². The molecule has 116 valence electrons. The molecule has 0 saturated carbocycles. The summed E-state index contributed by atoms with van der Waals surface area (Å²) < 4.78 is 10.1. The van der Waals surface area contributed by atoms with Crippen LogP contribution < -0.4 is 10.1 Å². The van der Waals surface area contributed by atoms with Crippen molar-refractivity contribution in [3.8, 4) is 5.75 Å². The lowest BCUT2D eigenvalue weighted by molar-refractivity contribution is -0.140. The van der Waals surface area contributed by atoms with Crippen molar-refractivity contribution in [2.24, 2.45) is 0 Å². The summed E-state index contributed by atoms with van der Waals surface area (Å²) in [5, 5.41) is 2.48. The fourth-order valence-corrected chi connectivity index (χ4v) is 2.59. The minimum absolute atomic E-state index is 0.172. The minimum atomic E-state index is -0.317. The molecule has 0 aliphatic rings. The molecule has 1 aromatic carbocycles. The van der Waals surface area contributed by atoms with E-state index in [1.54, 1.807) is 12.1 Å². The summed E-state index contributed by atoms with van der Waals surface area (Å²) in [6.07, 6.45) is 0.625. The van der Waals surface area contributed by atoms with Crippen LogP contribution in [0.4, 0.5) is 5.69 Å². The number of rotatable bonds is 8. The van der Waals surface area contributed by atoms with Crippen LogP contribution in [0, 0.1) is 0 Å². The number of hydrogen-bond donors (Lipinski definition) is 1. The van der Waals surface area contributed by atoms with Gasteiger partial charge in [-0.15, -0.1) is 11.8 Å². The van der Waals surface area contributed by atoms with Gasteiger partial charge in [0.1, 0.15) is 11.0 Å². The van der Waals surface area contributed by atoms with Gasteiger partial charge in [0.2, 0.25) is 5.91 Å². The quantitative estimate of drug-likeness (QED) is 0.748. The Morgan fingerprint density at radius 1 is 1.29 bits per heavy atom. The molecule has 21 heavy (non-hydrogen) atoms. The second-order valence-corrected chi connectivity index (χ2v) is 5.40. The summed E-state index contributed by atoms with van der Waals surface area (Å²) >= 11 is 1.27. The van der Waals surface area contributed by atoms with Gasteiger partial charge in [0.05, 0.1) is 25.2 Å². The summed E-state index contributed by atoms with van der Waals surface area (Å²) in [5.41, 5.74) is 0.635. The van der Waals surface area contributed by atoms with E-state index >= 15 is 0 Å². The summed E-state index contributed by atoms with van der Waals surface area (Å²) in [7, 11) is 1.35. The van der Waals surface area contributed by atoms with E-state index in [0.717, 1.165) is 0 Å². The molecule has 0 heterocycles. The van der Waals surface area contributed by atoms with Gasteiger partial charge in [0.25, 0.3) is 0 Å². The van der Waals surface area contributed by atoms with Gasteiger partial charge in [0, 0.05) is 0 Å². The number of carbonyl (C=O) groups is 2. The number of hydrogen-bond acceptors (Lipinski definition) is 5. The average Bonchev–Trinajstić information content (AvgIpc) is 2.49. The van der Waals surface area contributed by atoms with Crippen LogP contribution in [0.3, 0.4) is 0 Å². The third-order valence-corrected chi connectivity index (χ3v) is 4.07. The van der Waals surface area contributed by atoms with Gasteiger partial charge in [-0.05, 0) is 25.5 Å². The van der Waals surface area contributed by atoms with Gasteiger partial charge < -0.3 is 14.8 Å². The third kappa shape index (κ3) is 5.67. The van der Waals surface area contributed by atoms with Crippen LogP contribution in [0.15, 0.2) is 24.3 Å². The monoisotopic (exact) mass is 311 g/mol. The molecule has 1 N–H and O–H groups in total. The zero-order valence-electron chi connectivity index (χ0n) is 12.5. The van der Waals surface area contributed by atoms with Crippen molar-refractivity contribution in [3.63, 3.8) is 0 Å². The van der Waals surface area contributed by atoms with Crippen molar-refractivity contribution in [3.05, 3.63) is 24.3 Å².